The molecule has 5 nitrogen and oxygen atoms in total. The SMILES string of the molecule is O=C(O)C=Cc1ccc(C(=C(c2ccncc2Cl)C2CCC2)c2ccc3n[nH]c(F)c3c2)cc1. The minimum atomic E-state index is -1.00. The molecule has 0 bridgehead atoms. The Morgan fingerprint density at radius 1 is 1.12 bits per heavy atom. The highest BCUT2D eigenvalue weighted by Gasteiger charge is 2.28. The van der Waals surface area contributed by atoms with Gasteiger partial charge in [-0.15, -0.1) is 0 Å². The summed E-state index contributed by atoms with van der Waals surface area (Å²) >= 11 is 6.63. The molecule has 1 aliphatic carbocycles. The highest BCUT2D eigenvalue weighted by atomic mass is 35.5. The Morgan fingerprint density at radius 3 is 2.56 bits per heavy atom. The molecular weight excluding hydrogens is 453 g/mol. The predicted octanol–water partition coefficient (Wildman–Crippen LogP) is 6.61. The molecule has 1 saturated carbocycles. The van der Waals surface area contributed by atoms with Gasteiger partial charge in [-0.25, -0.2) is 4.79 Å². The van der Waals surface area contributed by atoms with Crippen molar-refractivity contribution >= 4 is 45.7 Å². The van der Waals surface area contributed by atoms with E-state index in [1.807, 2.05) is 42.5 Å². The zero-order valence-electron chi connectivity index (χ0n) is 18.1. The van der Waals surface area contributed by atoms with Gasteiger partial charge in [-0.3, -0.25) is 10.1 Å². The number of aromatic amines is 1. The van der Waals surface area contributed by atoms with Gasteiger partial charge in [0.15, 0.2) is 0 Å². The summed E-state index contributed by atoms with van der Waals surface area (Å²) in [6.07, 6.45) is 9.26. The quantitative estimate of drug-likeness (QED) is 0.309. The van der Waals surface area contributed by atoms with Crippen molar-refractivity contribution < 1.29 is 14.3 Å². The number of fused-ring (bicyclic) bond motifs is 1. The summed E-state index contributed by atoms with van der Waals surface area (Å²) in [6, 6.07) is 15.2. The molecule has 2 aromatic heterocycles. The van der Waals surface area contributed by atoms with E-state index in [-0.39, 0.29) is 0 Å². The van der Waals surface area contributed by atoms with E-state index in [9.17, 15) is 9.18 Å². The first-order valence-electron chi connectivity index (χ1n) is 11.0. The number of aromatic nitrogens is 3. The summed E-state index contributed by atoms with van der Waals surface area (Å²) in [4.78, 5) is 15.0. The van der Waals surface area contributed by atoms with Crippen molar-refractivity contribution in [3.05, 3.63) is 100 Å². The standard InChI is InChI=1S/C27H21ClFN3O2/c28-22-15-30-13-12-20(22)26(17-2-1-3-17)25(18-7-4-16(5-8-18)6-11-24(33)34)19-9-10-23-21(14-19)27(29)32-31-23/h4-15,17H,1-3H2,(H,31,32)(H,33,34). The Hall–Kier alpha value is -3.77. The highest BCUT2D eigenvalue weighted by molar-refractivity contribution is 6.32. The zero-order chi connectivity index (χ0) is 23.7. The van der Waals surface area contributed by atoms with Crippen LogP contribution in [0.25, 0.3) is 28.1 Å². The number of pyridine rings is 1. The second-order valence-electron chi connectivity index (χ2n) is 8.34. The Balaban J connectivity index is 1.76. The van der Waals surface area contributed by atoms with Crippen molar-refractivity contribution in [3.63, 3.8) is 0 Å². The predicted molar refractivity (Wildman–Crippen MR) is 132 cm³/mol. The maximum Gasteiger partial charge on any atom is 0.328 e. The minimum Gasteiger partial charge on any atom is -0.478 e. The van der Waals surface area contributed by atoms with Gasteiger partial charge in [-0.05, 0) is 70.9 Å². The van der Waals surface area contributed by atoms with Crippen LogP contribution in [0, 0.1) is 11.9 Å². The van der Waals surface area contributed by atoms with Gasteiger partial charge in [0.25, 0.3) is 0 Å². The van der Waals surface area contributed by atoms with Crippen LogP contribution >= 0.6 is 11.6 Å². The van der Waals surface area contributed by atoms with E-state index in [2.05, 4.69) is 15.2 Å². The fourth-order valence-electron chi connectivity index (χ4n) is 4.39. The van der Waals surface area contributed by atoms with E-state index in [4.69, 9.17) is 16.7 Å². The summed E-state index contributed by atoms with van der Waals surface area (Å²) in [7, 11) is 0. The number of halogens is 2. The van der Waals surface area contributed by atoms with E-state index in [0.717, 1.165) is 58.7 Å². The van der Waals surface area contributed by atoms with Crippen molar-refractivity contribution in [2.45, 2.75) is 19.3 Å². The first kappa shape index (κ1) is 22.0. The van der Waals surface area contributed by atoms with Crippen LogP contribution in [0.1, 0.15) is 41.5 Å². The number of aliphatic carboxylic acids is 1. The van der Waals surface area contributed by atoms with E-state index in [0.29, 0.717) is 21.8 Å². The molecule has 2 aromatic carbocycles. The average Bonchev–Trinajstić information content (AvgIpc) is 3.17. The average molecular weight is 474 g/mol. The molecule has 0 saturated heterocycles. The molecule has 5 rings (SSSR count). The number of allylic oxidation sites excluding steroid dienone is 1. The molecule has 0 radical (unpaired) electrons. The molecule has 2 heterocycles. The second kappa shape index (κ2) is 9.23. The third-order valence-electron chi connectivity index (χ3n) is 6.26. The third kappa shape index (κ3) is 4.24. The van der Waals surface area contributed by atoms with Gasteiger partial charge < -0.3 is 5.11 Å². The molecule has 0 amide bonds. The normalized spacial score (nSPS) is 14.9. The molecule has 0 unspecified atom stereocenters. The van der Waals surface area contributed by atoms with Crippen LogP contribution < -0.4 is 0 Å². The number of nitrogens with one attached hydrogen (secondary N) is 1. The lowest BCUT2D eigenvalue weighted by Crippen LogP contribution is -2.15. The number of H-pyrrole nitrogens is 1. The molecule has 1 fully saturated rings. The van der Waals surface area contributed by atoms with Crippen LogP contribution in [0.3, 0.4) is 0 Å². The molecule has 0 spiro atoms. The molecule has 0 atom stereocenters. The molecule has 170 valence electrons. The molecule has 2 N–H and O–H groups in total. The van der Waals surface area contributed by atoms with Crippen LogP contribution in [0.15, 0.2) is 67.0 Å². The highest BCUT2D eigenvalue weighted by Crippen LogP contribution is 2.46. The molecule has 34 heavy (non-hydrogen) atoms. The van der Waals surface area contributed by atoms with Crippen molar-refractivity contribution in [3.8, 4) is 0 Å². The van der Waals surface area contributed by atoms with Crippen LogP contribution in [-0.2, 0) is 4.79 Å². The van der Waals surface area contributed by atoms with Crippen molar-refractivity contribution in [1.29, 1.82) is 0 Å². The van der Waals surface area contributed by atoms with E-state index in [1.54, 1.807) is 24.5 Å². The first-order valence-corrected chi connectivity index (χ1v) is 11.4. The lowest BCUT2D eigenvalue weighted by Gasteiger charge is -2.32. The van der Waals surface area contributed by atoms with Gasteiger partial charge in [0.05, 0.1) is 15.9 Å². The summed E-state index contributed by atoms with van der Waals surface area (Å²) in [6.45, 7) is 0. The first-order chi connectivity index (χ1) is 16.5. The Bertz CT molecular complexity index is 1440. The molecule has 1 aliphatic rings. The van der Waals surface area contributed by atoms with Gasteiger partial charge in [0, 0.05) is 24.0 Å². The smallest absolute Gasteiger partial charge is 0.328 e. The lowest BCUT2D eigenvalue weighted by atomic mass is 9.73. The van der Waals surface area contributed by atoms with Gasteiger partial charge >= 0.3 is 5.97 Å². The summed E-state index contributed by atoms with van der Waals surface area (Å²) in [5.41, 5.74) is 6.11. The summed E-state index contributed by atoms with van der Waals surface area (Å²) in [5.74, 6) is -1.16. The molecular formula is C27H21ClFN3O2. The Labute approximate surface area is 200 Å². The number of rotatable bonds is 6. The lowest BCUT2D eigenvalue weighted by molar-refractivity contribution is -0.131. The molecule has 4 aromatic rings. The van der Waals surface area contributed by atoms with Gasteiger partial charge in [-0.1, -0.05) is 48.4 Å². The maximum absolute atomic E-state index is 14.4. The number of carbonyl (C=O) groups is 1. The number of hydrogen-bond donors (Lipinski definition) is 2. The number of carboxylic acids is 1. The van der Waals surface area contributed by atoms with Gasteiger partial charge in [0.2, 0.25) is 5.95 Å². The second-order valence-corrected chi connectivity index (χ2v) is 8.74. The monoisotopic (exact) mass is 473 g/mol. The number of nitrogens with zero attached hydrogens (tertiary/aromatic N) is 2. The summed E-state index contributed by atoms with van der Waals surface area (Å²) < 4.78 is 14.4. The largest absolute Gasteiger partial charge is 0.478 e. The fourth-order valence-corrected chi connectivity index (χ4v) is 4.61. The Kier molecular flexibility index (Phi) is 5.99. The Morgan fingerprint density at radius 2 is 1.88 bits per heavy atom. The fraction of sp³-hybridized carbons (Fsp3) is 0.148. The number of hydrogen-bond acceptors (Lipinski definition) is 3. The topological polar surface area (TPSA) is 78.9 Å². The zero-order valence-corrected chi connectivity index (χ0v) is 18.9. The van der Waals surface area contributed by atoms with E-state index >= 15 is 0 Å². The minimum absolute atomic E-state index is 0.311. The van der Waals surface area contributed by atoms with Crippen LogP contribution in [0.2, 0.25) is 5.02 Å². The van der Waals surface area contributed by atoms with Gasteiger partial charge in [-0.2, -0.15) is 9.49 Å². The van der Waals surface area contributed by atoms with E-state index < -0.39 is 11.9 Å². The van der Waals surface area contributed by atoms with Crippen LogP contribution in [0.5, 0.6) is 0 Å². The number of carboxylic acid groups (broad SMARTS) is 1. The van der Waals surface area contributed by atoms with E-state index in [1.165, 1.54) is 0 Å². The molecule has 0 aliphatic heterocycles. The van der Waals surface area contributed by atoms with Crippen LogP contribution in [0.4, 0.5) is 4.39 Å². The molecule has 7 heteroatoms. The maximum atomic E-state index is 14.4. The van der Waals surface area contributed by atoms with Crippen molar-refractivity contribution in [2.24, 2.45) is 5.92 Å². The van der Waals surface area contributed by atoms with Crippen molar-refractivity contribution in [1.82, 2.24) is 15.2 Å². The van der Waals surface area contributed by atoms with Crippen LogP contribution in [-0.4, -0.2) is 26.3 Å². The third-order valence-corrected chi connectivity index (χ3v) is 6.56. The van der Waals surface area contributed by atoms with Crippen molar-refractivity contribution in [2.75, 3.05) is 0 Å². The van der Waals surface area contributed by atoms with Gasteiger partial charge in [0.1, 0.15) is 0 Å². The number of benzene rings is 2. The summed E-state index contributed by atoms with van der Waals surface area (Å²) in [5, 5.41) is 16.3.